The van der Waals surface area contributed by atoms with E-state index in [0.29, 0.717) is 12.8 Å². The number of carbonyl (C=O) groups is 2. The van der Waals surface area contributed by atoms with Crippen LogP contribution in [0.1, 0.15) is 26.7 Å². The largest absolute Gasteiger partial charge is 0.287 e. The first-order valence-electron chi connectivity index (χ1n) is 3.90. The summed E-state index contributed by atoms with van der Waals surface area (Å²) < 4.78 is 0. The van der Waals surface area contributed by atoms with Gasteiger partial charge in [0, 0.05) is 11.8 Å². The molecule has 70 valence electrons. The van der Waals surface area contributed by atoms with Crippen LogP contribution in [0.4, 0.5) is 0 Å². The molecule has 0 aromatic carbocycles. The van der Waals surface area contributed by atoms with Crippen molar-refractivity contribution in [3.63, 3.8) is 0 Å². The lowest BCUT2D eigenvalue weighted by molar-refractivity contribution is -0.116. The summed E-state index contributed by atoms with van der Waals surface area (Å²) in [5.74, 6) is -0.132. The molecule has 0 heterocycles. The van der Waals surface area contributed by atoms with E-state index in [0.717, 1.165) is 0 Å². The summed E-state index contributed by atoms with van der Waals surface area (Å²) in [6.07, 6.45) is 1.41. The topological polar surface area (TPSA) is 34.1 Å². The van der Waals surface area contributed by atoms with E-state index in [4.69, 9.17) is 0 Å². The monoisotopic (exact) mass is 206 g/mol. The molecule has 2 nitrogen and oxygen atoms in total. The van der Waals surface area contributed by atoms with Gasteiger partial charge in [-0.1, -0.05) is 13.8 Å². The van der Waals surface area contributed by atoms with E-state index >= 15 is 0 Å². The second-order valence-corrected chi connectivity index (χ2v) is 3.94. The van der Waals surface area contributed by atoms with Crippen LogP contribution in [0, 0.1) is 11.8 Å². The van der Waals surface area contributed by atoms with Crippen LogP contribution in [0.2, 0.25) is 0 Å². The highest BCUT2D eigenvalue weighted by atomic mass is 32.1. The third-order valence-electron chi connectivity index (χ3n) is 1.88. The van der Waals surface area contributed by atoms with Crippen molar-refractivity contribution in [3.05, 3.63) is 0 Å². The maximum Gasteiger partial charge on any atom is 0.188 e. The molecule has 0 spiro atoms. The highest BCUT2D eigenvalue weighted by Crippen LogP contribution is 2.15. The Morgan fingerprint density at radius 3 is 1.42 bits per heavy atom. The third-order valence-corrected chi connectivity index (χ3v) is 2.76. The van der Waals surface area contributed by atoms with Gasteiger partial charge in [0.25, 0.3) is 0 Å². The standard InChI is InChI=1S/C8H14O2S2/c1-5(7(9)11)3-4-6(2)8(10)12/h5-6H,3-4H2,1-2H3,(H,9,11)(H,10,12). The highest BCUT2D eigenvalue weighted by molar-refractivity contribution is 7.96. The molecule has 0 aliphatic heterocycles. The Morgan fingerprint density at radius 2 is 1.25 bits per heavy atom. The van der Waals surface area contributed by atoms with Gasteiger partial charge < -0.3 is 0 Å². The van der Waals surface area contributed by atoms with E-state index in [9.17, 15) is 9.59 Å². The fourth-order valence-electron chi connectivity index (χ4n) is 0.747. The van der Waals surface area contributed by atoms with Gasteiger partial charge in [-0.3, -0.25) is 9.59 Å². The summed E-state index contributed by atoms with van der Waals surface area (Å²) in [6.45, 7) is 3.62. The Kier molecular flexibility index (Phi) is 5.66. The molecule has 12 heavy (non-hydrogen) atoms. The van der Waals surface area contributed by atoms with Gasteiger partial charge in [-0.2, -0.15) is 0 Å². The molecule has 0 rings (SSSR count). The average Bonchev–Trinajstić information content (AvgIpc) is 1.98. The summed E-state index contributed by atoms with van der Waals surface area (Å²) in [6, 6.07) is 0. The molecule has 0 aliphatic carbocycles. The normalized spacial score (nSPS) is 15.3. The van der Waals surface area contributed by atoms with Crippen molar-refractivity contribution in [2.75, 3.05) is 0 Å². The van der Waals surface area contributed by atoms with E-state index < -0.39 is 0 Å². The maximum atomic E-state index is 10.7. The summed E-state index contributed by atoms with van der Waals surface area (Å²) in [5, 5.41) is -0.234. The van der Waals surface area contributed by atoms with Crippen LogP contribution in [0.15, 0.2) is 0 Å². The van der Waals surface area contributed by atoms with Crippen LogP contribution in [-0.2, 0) is 9.59 Å². The molecule has 0 aliphatic rings. The van der Waals surface area contributed by atoms with Crippen molar-refractivity contribution in [2.24, 2.45) is 11.8 Å². The van der Waals surface area contributed by atoms with Crippen LogP contribution < -0.4 is 0 Å². The Bertz CT molecular complexity index is 160. The lowest BCUT2D eigenvalue weighted by atomic mass is 10.00. The lowest BCUT2D eigenvalue weighted by Crippen LogP contribution is -2.09. The van der Waals surface area contributed by atoms with E-state index in [1.165, 1.54) is 0 Å². The average molecular weight is 206 g/mol. The van der Waals surface area contributed by atoms with E-state index in [1.807, 2.05) is 13.8 Å². The zero-order chi connectivity index (χ0) is 9.72. The smallest absolute Gasteiger partial charge is 0.188 e. The molecule has 4 heteroatoms. The van der Waals surface area contributed by atoms with Crippen LogP contribution in [0.5, 0.6) is 0 Å². The predicted molar refractivity (Wildman–Crippen MR) is 55.5 cm³/mol. The van der Waals surface area contributed by atoms with Crippen molar-refractivity contribution in [1.29, 1.82) is 0 Å². The first-order valence-corrected chi connectivity index (χ1v) is 4.80. The number of carbonyl (C=O) groups excluding carboxylic acids is 2. The van der Waals surface area contributed by atoms with Crippen LogP contribution >= 0.6 is 25.3 Å². The highest BCUT2D eigenvalue weighted by Gasteiger charge is 2.13. The van der Waals surface area contributed by atoms with Gasteiger partial charge in [0.15, 0.2) is 10.2 Å². The third kappa shape index (κ3) is 4.83. The fraction of sp³-hybridized carbons (Fsp3) is 0.750. The first kappa shape index (κ1) is 12.0. The molecule has 0 amide bonds. The molecule has 0 aromatic rings. The molecule has 0 N–H and O–H groups in total. The van der Waals surface area contributed by atoms with E-state index in [-0.39, 0.29) is 22.1 Å². The zero-order valence-electron chi connectivity index (χ0n) is 7.28. The van der Waals surface area contributed by atoms with E-state index in [1.54, 1.807) is 0 Å². The lowest BCUT2D eigenvalue weighted by Gasteiger charge is -2.09. The van der Waals surface area contributed by atoms with Crippen molar-refractivity contribution in [1.82, 2.24) is 0 Å². The molecule has 2 atom stereocenters. The second-order valence-electron chi connectivity index (χ2n) is 3.06. The molecule has 0 radical (unpaired) electrons. The molecule has 2 unspecified atom stereocenters. The number of hydrogen-bond acceptors (Lipinski definition) is 2. The van der Waals surface area contributed by atoms with Gasteiger partial charge in [0.1, 0.15) is 0 Å². The second kappa shape index (κ2) is 5.65. The van der Waals surface area contributed by atoms with Crippen LogP contribution in [0.25, 0.3) is 0 Å². The van der Waals surface area contributed by atoms with Crippen molar-refractivity contribution in [3.8, 4) is 0 Å². The van der Waals surface area contributed by atoms with Crippen molar-refractivity contribution < 1.29 is 9.59 Å². The Balaban J connectivity index is 3.68. The van der Waals surface area contributed by atoms with Gasteiger partial charge in [-0.05, 0) is 12.8 Å². The van der Waals surface area contributed by atoms with Crippen molar-refractivity contribution >= 4 is 35.5 Å². The molecule has 0 saturated heterocycles. The minimum atomic E-state index is -0.117. The molecular weight excluding hydrogens is 192 g/mol. The molecule has 0 saturated carbocycles. The predicted octanol–water partition coefficient (Wildman–Crippen LogP) is 1.95. The van der Waals surface area contributed by atoms with Gasteiger partial charge in [0.05, 0.1) is 0 Å². The summed E-state index contributed by atoms with van der Waals surface area (Å²) in [7, 11) is 0. The van der Waals surface area contributed by atoms with Gasteiger partial charge in [0.2, 0.25) is 0 Å². The summed E-state index contributed by atoms with van der Waals surface area (Å²) in [4.78, 5) is 21.4. The van der Waals surface area contributed by atoms with Crippen LogP contribution in [0.3, 0.4) is 0 Å². The Hall–Kier alpha value is 0.0400. The molecular formula is C8H14O2S2. The molecule has 0 aromatic heterocycles. The molecule has 0 bridgehead atoms. The quantitative estimate of drug-likeness (QED) is 0.674. The van der Waals surface area contributed by atoms with Gasteiger partial charge in [-0.15, -0.1) is 25.3 Å². The minimum absolute atomic E-state index is 0.0662. The summed E-state index contributed by atoms with van der Waals surface area (Å²) in [5.41, 5.74) is 0. The summed E-state index contributed by atoms with van der Waals surface area (Å²) >= 11 is 7.41. The minimum Gasteiger partial charge on any atom is -0.287 e. The number of thiol groups is 2. The fourth-order valence-corrected chi connectivity index (χ4v) is 1.01. The van der Waals surface area contributed by atoms with Crippen LogP contribution in [-0.4, -0.2) is 10.2 Å². The molecule has 0 fully saturated rings. The van der Waals surface area contributed by atoms with Gasteiger partial charge >= 0.3 is 0 Å². The SMILES string of the molecule is CC(CCC(C)C(=O)S)C(=O)S. The number of hydrogen-bond donors (Lipinski definition) is 2. The zero-order valence-corrected chi connectivity index (χ0v) is 9.07. The Labute approximate surface area is 83.9 Å². The number of rotatable bonds is 5. The Morgan fingerprint density at radius 1 is 1.00 bits per heavy atom. The first-order chi connectivity index (χ1) is 5.45. The van der Waals surface area contributed by atoms with E-state index in [2.05, 4.69) is 25.3 Å². The maximum absolute atomic E-state index is 10.7. The van der Waals surface area contributed by atoms with Gasteiger partial charge in [-0.25, -0.2) is 0 Å². The van der Waals surface area contributed by atoms with Crippen molar-refractivity contribution in [2.45, 2.75) is 26.7 Å².